The monoisotopic (exact) mass is 595 g/mol. The minimum absolute atomic E-state index is 0.0222. The van der Waals surface area contributed by atoms with Crippen LogP contribution < -0.4 is 0 Å². The van der Waals surface area contributed by atoms with Crippen molar-refractivity contribution in [3.05, 3.63) is 0 Å². The average molecular weight is 595 g/mol. The van der Waals surface area contributed by atoms with Gasteiger partial charge in [-0.15, -0.1) is 0 Å². The number of ether oxygens (including phenoxy) is 2. The van der Waals surface area contributed by atoms with Gasteiger partial charge in [-0.3, -0.25) is 9.59 Å². The van der Waals surface area contributed by atoms with E-state index in [9.17, 15) is 9.59 Å². The van der Waals surface area contributed by atoms with Gasteiger partial charge in [-0.2, -0.15) is 0 Å². The molecule has 42 heavy (non-hydrogen) atoms. The third kappa shape index (κ3) is 16.7. The molecule has 0 aliphatic rings. The lowest BCUT2D eigenvalue weighted by atomic mass is 9.54. The molecule has 0 rings (SSSR count). The van der Waals surface area contributed by atoms with Crippen LogP contribution in [-0.2, 0) is 19.1 Å². The number of esters is 2. The molecule has 0 N–H and O–H groups in total. The molecule has 0 spiro atoms. The van der Waals surface area contributed by atoms with Gasteiger partial charge in [-0.05, 0) is 56.8 Å². The highest BCUT2D eigenvalue weighted by Gasteiger charge is 2.53. The molecule has 4 heteroatoms. The van der Waals surface area contributed by atoms with Gasteiger partial charge in [0.25, 0.3) is 0 Å². The molecule has 0 fully saturated rings. The quantitative estimate of drug-likeness (QED) is 0.0591. The Bertz CT molecular complexity index is 617. The van der Waals surface area contributed by atoms with Crippen molar-refractivity contribution in [2.45, 2.75) is 208 Å². The number of unbranched alkanes of at least 4 members (excludes halogenated alkanes) is 15. The van der Waals surface area contributed by atoms with E-state index in [-0.39, 0.29) is 22.8 Å². The van der Waals surface area contributed by atoms with Gasteiger partial charge in [0.2, 0.25) is 0 Å². The molecule has 4 nitrogen and oxygen atoms in total. The highest BCUT2D eigenvalue weighted by molar-refractivity contribution is 5.78. The van der Waals surface area contributed by atoms with E-state index in [1.165, 1.54) is 51.4 Å². The first-order valence-electron chi connectivity index (χ1n) is 18.8. The van der Waals surface area contributed by atoms with Crippen LogP contribution in [0.25, 0.3) is 0 Å². The molecule has 0 heterocycles. The van der Waals surface area contributed by atoms with E-state index in [0.717, 1.165) is 109 Å². The van der Waals surface area contributed by atoms with Crippen molar-refractivity contribution in [2.24, 2.45) is 10.8 Å². The van der Waals surface area contributed by atoms with Crippen molar-refractivity contribution in [1.82, 2.24) is 0 Å². The fourth-order valence-electron chi connectivity index (χ4n) is 6.96. The summed E-state index contributed by atoms with van der Waals surface area (Å²) in [5.41, 5.74) is -0.406. The topological polar surface area (TPSA) is 52.6 Å². The van der Waals surface area contributed by atoms with Crippen LogP contribution in [0.4, 0.5) is 0 Å². The summed E-state index contributed by atoms with van der Waals surface area (Å²) in [6.07, 6.45) is 28.6. The van der Waals surface area contributed by atoms with Gasteiger partial charge in [0.05, 0.1) is 18.6 Å². The maximum Gasteiger partial charge on any atom is 0.312 e. The normalized spacial score (nSPS) is 12.0. The lowest BCUT2D eigenvalue weighted by molar-refractivity contribution is -0.170. The molecule has 250 valence electrons. The van der Waals surface area contributed by atoms with E-state index >= 15 is 0 Å². The van der Waals surface area contributed by atoms with Crippen LogP contribution in [0.5, 0.6) is 0 Å². The Morgan fingerprint density at radius 1 is 0.452 bits per heavy atom. The molecule has 0 aliphatic heterocycles. The predicted octanol–water partition coefficient (Wildman–Crippen LogP) is 12.3. The summed E-state index contributed by atoms with van der Waals surface area (Å²) in [7, 11) is 0. The third-order valence-corrected chi connectivity index (χ3v) is 9.95. The number of hydrogen-bond acceptors (Lipinski definition) is 4. The lowest BCUT2D eigenvalue weighted by Crippen LogP contribution is -2.48. The van der Waals surface area contributed by atoms with Gasteiger partial charge >= 0.3 is 11.9 Å². The van der Waals surface area contributed by atoms with Crippen molar-refractivity contribution < 1.29 is 19.1 Å². The van der Waals surface area contributed by atoms with E-state index in [4.69, 9.17) is 9.47 Å². The highest BCUT2D eigenvalue weighted by Crippen LogP contribution is 2.55. The number of carbonyl (C=O) groups excluding carboxylic acids is 2. The molecule has 0 radical (unpaired) electrons. The first-order chi connectivity index (χ1) is 20.4. The fraction of sp³-hybridized carbons (Fsp3) is 0.947. The zero-order valence-corrected chi connectivity index (χ0v) is 29.4. The molecule has 0 aliphatic carbocycles. The van der Waals surface area contributed by atoms with E-state index in [0.29, 0.717) is 19.6 Å². The molecule has 0 aromatic carbocycles. The van der Waals surface area contributed by atoms with E-state index in [1.54, 1.807) is 0 Å². The number of hydrogen-bond donors (Lipinski definition) is 0. The molecule has 0 aromatic heterocycles. The number of rotatable bonds is 31. The van der Waals surface area contributed by atoms with Gasteiger partial charge in [-0.25, -0.2) is 0 Å². The van der Waals surface area contributed by atoms with Gasteiger partial charge in [-0.1, -0.05) is 151 Å². The zero-order valence-electron chi connectivity index (χ0n) is 29.4. The Morgan fingerprint density at radius 2 is 0.881 bits per heavy atom. The molecule has 0 aromatic rings. The Hall–Kier alpha value is -1.06. The van der Waals surface area contributed by atoms with Crippen molar-refractivity contribution in [2.75, 3.05) is 13.2 Å². The minimum atomic E-state index is -0.384. The smallest absolute Gasteiger partial charge is 0.312 e. The average Bonchev–Trinajstić information content (AvgIpc) is 3.00. The summed E-state index contributed by atoms with van der Waals surface area (Å²) >= 11 is 0. The van der Waals surface area contributed by atoms with Crippen molar-refractivity contribution in [3.8, 4) is 0 Å². The van der Waals surface area contributed by atoms with Crippen molar-refractivity contribution >= 4 is 11.9 Å². The Balaban J connectivity index is 4.99. The summed E-state index contributed by atoms with van der Waals surface area (Å²) in [6.45, 7) is 14.7. The van der Waals surface area contributed by atoms with Crippen molar-refractivity contribution in [3.63, 3.8) is 0 Å². The van der Waals surface area contributed by atoms with Gasteiger partial charge in [0.1, 0.15) is 0 Å². The third-order valence-electron chi connectivity index (χ3n) is 9.95. The summed E-state index contributed by atoms with van der Waals surface area (Å²) < 4.78 is 11.6. The van der Waals surface area contributed by atoms with E-state index in [2.05, 4.69) is 41.5 Å². The van der Waals surface area contributed by atoms with Crippen LogP contribution in [0.2, 0.25) is 0 Å². The van der Waals surface area contributed by atoms with E-state index < -0.39 is 0 Å². The molecular formula is C38H74O4. The summed E-state index contributed by atoms with van der Waals surface area (Å²) in [5.74, 6) is 0.0565. The van der Waals surface area contributed by atoms with Crippen LogP contribution in [0.15, 0.2) is 0 Å². The Kier molecular flexibility index (Phi) is 26.8. The Labute approximate surface area is 263 Å². The zero-order chi connectivity index (χ0) is 31.4. The maximum absolute atomic E-state index is 14.1. The molecule has 0 atom stereocenters. The molecule has 0 saturated carbocycles. The predicted molar refractivity (Wildman–Crippen MR) is 181 cm³/mol. The first kappa shape index (κ1) is 40.9. The van der Waals surface area contributed by atoms with Crippen LogP contribution in [0.1, 0.15) is 208 Å². The highest BCUT2D eigenvalue weighted by atomic mass is 16.5. The largest absolute Gasteiger partial charge is 0.466 e. The SMILES string of the molecule is CCCCCCCCOC(=O)CCCCCCC(CC)(CC)C(CCCC)(CCCC)C(=O)OCCCCCCCC. The van der Waals surface area contributed by atoms with Crippen molar-refractivity contribution in [1.29, 1.82) is 0 Å². The number of carbonyl (C=O) groups is 2. The first-order valence-corrected chi connectivity index (χ1v) is 18.8. The molecule has 0 saturated heterocycles. The second-order valence-electron chi connectivity index (χ2n) is 13.1. The summed E-state index contributed by atoms with van der Waals surface area (Å²) in [4.78, 5) is 26.3. The second kappa shape index (κ2) is 27.5. The van der Waals surface area contributed by atoms with Crippen LogP contribution in [-0.4, -0.2) is 25.2 Å². The Morgan fingerprint density at radius 3 is 1.38 bits per heavy atom. The maximum atomic E-state index is 14.1. The minimum Gasteiger partial charge on any atom is -0.466 e. The van der Waals surface area contributed by atoms with Crippen LogP contribution in [0.3, 0.4) is 0 Å². The standard InChI is InChI=1S/C38H74O4/c1-7-13-17-19-23-27-33-41-35(39)29-25-21-22-26-30-37(11-5,12-6)38(31-15-9-3,32-16-10-4)36(40)42-34-28-24-20-18-14-8-2/h7-34H2,1-6H3. The second-order valence-corrected chi connectivity index (χ2v) is 13.1. The molecule has 0 unspecified atom stereocenters. The molecule has 0 bridgehead atoms. The van der Waals surface area contributed by atoms with Gasteiger partial charge < -0.3 is 9.47 Å². The summed E-state index contributed by atoms with van der Waals surface area (Å²) in [6, 6.07) is 0. The summed E-state index contributed by atoms with van der Waals surface area (Å²) in [5, 5.41) is 0. The lowest BCUT2D eigenvalue weighted by Gasteiger charge is -2.49. The van der Waals surface area contributed by atoms with Gasteiger partial charge in [0.15, 0.2) is 0 Å². The molecular weight excluding hydrogens is 520 g/mol. The van der Waals surface area contributed by atoms with E-state index in [1.807, 2.05) is 0 Å². The fourth-order valence-corrected chi connectivity index (χ4v) is 6.96. The van der Waals surface area contributed by atoms with Crippen LogP contribution in [0, 0.1) is 10.8 Å². The van der Waals surface area contributed by atoms with Gasteiger partial charge in [0, 0.05) is 6.42 Å². The molecule has 0 amide bonds. The van der Waals surface area contributed by atoms with Crippen LogP contribution >= 0.6 is 0 Å².